The van der Waals surface area contributed by atoms with Crippen LogP contribution in [0.4, 0.5) is 10.6 Å². The maximum atomic E-state index is 13.5. The summed E-state index contributed by atoms with van der Waals surface area (Å²) in [5.41, 5.74) is 1.65. The van der Waals surface area contributed by atoms with Crippen molar-refractivity contribution in [1.82, 2.24) is 19.6 Å². The van der Waals surface area contributed by atoms with Crippen molar-refractivity contribution in [2.45, 2.75) is 44.6 Å². The highest BCUT2D eigenvalue weighted by Crippen LogP contribution is 2.33. The van der Waals surface area contributed by atoms with E-state index < -0.39 is 0 Å². The molecule has 1 aromatic carbocycles. The van der Waals surface area contributed by atoms with E-state index >= 15 is 0 Å². The summed E-state index contributed by atoms with van der Waals surface area (Å²) in [7, 11) is 1.87. The minimum atomic E-state index is -0.200. The summed E-state index contributed by atoms with van der Waals surface area (Å²) >= 11 is 0. The number of aromatic nitrogens is 2. The number of amidine groups is 1. The van der Waals surface area contributed by atoms with E-state index in [1.54, 1.807) is 20.7 Å². The lowest BCUT2D eigenvalue weighted by molar-refractivity contribution is -0.131. The number of carbonyl (C=O) groups excluding carboxylic acids is 2. The molecule has 2 aromatic rings. The maximum absolute atomic E-state index is 13.5. The van der Waals surface area contributed by atoms with Crippen molar-refractivity contribution in [3.8, 4) is 5.69 Å². The van der Waals surface area contributed by atoms with Crippen molar-refractivity contribution in [2.75, 3.05) is 31.6 Å². The largest absolute Gasteiger partial charge is 0.341 e. The van der Waals surface area contributed by atoms with Gasteiger partial charge in [0, 0.05) is 26.2 Å². The maximum Gasteiger partial charge on any atom is 0.331 e. The van der Waals surface area contributed by atoms with Gasteiger partial charge in [0.1, 0.15) is 12.4 Å². The molecule has 1 fully saturated rings. The molecule has 5 rings (SSSR count). The van der Waals surface area contributed by atoms with Gasteiger partial charge in [-0.05, 0) is 31.4 Å². The number of amides is 3. The molecule has 0 saturated heterocycles. The normalized spacial score (nSPS) is 19.0. The van der Waals surface area contributed by atoms with Crippen LogP contribution in [-0.2, 0) is 4.79 Å². The van der Waals surface area contributed by atoms with E-state index in [4.69, 9.17) is 0 Å². The molecule has 31 heavy (non-hydrogen) atoms. The number of aliphatic imine (C=N–C) groups is 1. The zero-order valence-electron chi connectivity index (χ0n) is 17.9. The van der Waals surface area contributed by atoms with Gasteiger partial charge in [0.05, 0.1) is 17.4 Å². The number of urea groups is 1. The molecule has 1 aliphatic carbocycles. The van der Waals surface area contributed by atoms with E-state index in [0.717, 1.165) is 43.4 Å². The molecule has 162 valence electrons. The lowest BCUT2D eigenvalue weighted by atomic mass is 9.94. The van der Waals surface area contributed by atoms with Gasteiger partial charge in [-0.1, -0.05) is 37.5 Å². The Bertz CT molecular complexity index is 1010. The second-order valence-electron chi connectivity index (χ2n) is 8.50. The standard InChI is InChI=1S/C23H28N6O2/c1-26(17-9-4-2-5-10-17)20(30)16-28-22-19(21-24-13-8-14-27(21)23(28)31)15-25-29(22)18-11-6-3-7-12-18/h3,6-7,11-12,15,17H,2,4-5,8-10,13-14,16H2,1H3. The first-order chi connectivity index (χ1) is 15.1. The van der Waals surface area contributed by atoms with Crippen LogP contribution in [0.25, 0.3) is 5.69 Å². The Morgan fingerprint density at radius 3 is 2.68 bits per heavy atom. The highest BCUT2D eigenvalue weighted by Gasteiger charge is 2.41. The molecule has 2 aliphatic heterocycles. The summed E-state index contributed by atoms with van der Waals surface area (Å²) < 4.78 is 1.75. The smallest absolute Gasteiger partial charge is 0.331 e. The lowest BCUT2D eigenvalue weighted by Gasteiger charge is -2.39. The fourth-order valence-corrected chi connectivity index (χ4v) is 4.84. The molecule has 0 bridgehead atoms. The number of hydrogen-bond acceptors (Lipinski definition) is 4. The van der Waals surface area contributed by atoms with Crippen LogP contribution in [0.2, 0.25) is 0 Å². The molecule has 3 amide bonds. The minimum Gasteiger partial charge on any atom is -0.341 e. The van der Waals surface area contributed by atoms with E-state index in [9.17, 15) is 9.59 Å². The molecule has 0 radical (unpaired) electrons. The Kier molecular flexibility index (Phi) is 5.21. The number of carbonyl (C=O) groups is 2. The Hall–Kier alpha value is -3.16. The number of nitrogens with zero attached hydrogens (tertiary/aromatic N) is 6. The Labute approximate surface area is 182 Å². The average Bonchev–Trinajstić information content (AvgIpc) is 3.27. The first kappa shape index (κ1) is 19.8. The number of para-hydroxylation sites is 1. The second kappa shape index (κ2) is 8.17. The van der Waals surface area contributed by atoms with Gasteiger partial charge in [0.2, 0.25) is 5.91 Å². The van der Waals surface area contributed by atoms with Crippen LogP contribution in [0.1, 0.15) is 44.1 Å². The van der Waals surface area contributed by atoms with Crippen molar-refractivity contribution >= 4 is 23.6 Å². The quantitative estimate of drug-likeness (QED) is 0.763. The van der Waals surface area contributed by atoms with Gasteiger partial charge in [-0.15, -0.1) is 0 Å². The lowest BCUT2D eigenvalue weighted by Crippen LogP contribution is -2.56. The van der Waals surface area contributed by atoms with Crippen molar-refractivity contribution < 1.29 is 9.59 Å². The first-order valence-electron chi connectivity index (χ1n) is 11.2. The van der Waals surface area contributed by atoms with Crippen LogP contribution in [0.3, 0.4) is 0 Å². The molecule has 0 unspecified atom stereocenters. The fourth-order valence-electron chi connectivity index (χ4n) is 4.84. The number of anilines is 1. The van der Waals surface area contributed by atoms with Crippen LogP contribution >= 0.6 is 0 Å². The second-order valence-corrected chi connectivity index (χ2v) is 8.50. The van der Waals surface area contributed by atoms with Crippen molar-refractivity contribution in [3.05, 3.63) is 42.1 Å². The van der Waals surface area contributed by atoms with Crippen LogP contribution in [0, 0.1) is 0 Å². The van der Waals surface area contributed by atoms with Gasteiger partial charge in [-0.2, -0.15) is 5.10 Å². The summed E-state index contributed by atoms with van der Waals surface area (Å²) in [5.74, 6) is 1.25. The predicted molar refractivity (Wildman–Crippen MR) is 119 cm³/mol. The van der Waals surface area contributed by atoms with Crippen LogP contribution in [0.5, 0.6) is 0 Å². The predicted octanol–water partition coefficient (Wildman–Crippen LogP) is 3.06. The highest BCUT2D eigenvalue weighted by atomic mass is 16.2. The minimum absolute atomic E-state index is 0.00113. The molecule has 8 nitrogen and oxygen atoms in total. The van der Waals surface area contributed by atoms with Gasteiger partial charge >= 0.3 is 6.03 Å². The number of benzene rings is 1. The summed E-state index contributed by atoms with van der Waals surface area (Å²) in [5, 5.41) is 4.58. The Morgan fingerprint density at radius 1 is 1.13 bits per heavy atom. The zero-order chi connectivity index (χ0) is 21.4. The number of likely N-dealkylation sites (N-methyl/N-ethyl adjacent to an activating group) is 1. The van der Waals surface area contributed by atoms with Gasteiger partial charge in [0.25, 0.3) is 0 Å². The Morgan fingerprint density at radius 2 is 1.90 bits per heavy atom. The molecule has 0 atom stereocenters. The molecule has 0 spiro atoms. The van der Waals surface area contributed by atoms with E-state index in [2.05, 4.69) is 10.1 Å². The zero-order valence-corrected chi connectivity index (χ0v) is 17.9. The van der Waals surface area contributed by atoms with Crippen LogP contribution < -0.4 is 4.90 Å². The van der Waals surface area contributed by atoms with Crippen molar-refractivity contribution in [3.63, 3.8) is 0 Å². The van der Waals surface area contributed by atoms with E-state index in [1.165, 1.54) is 6.42 Å². The van der Waals surface area contributed by atoms with E-state index in [-0.39, 0.29) is 24.5 Å². The number of hydrogen-bond donors (Lipinski definition) is 0. The highest BCUT2D eigenvalue weighted by molar-refractivity contribution is 6.19. The van der Waals surface area contributed by atoms with Crippen LogP contribution in [0.15, 0.2) is 41.5 Å². The summed E-state index contributed by atoms with van der Waals surface area (Å²) in [6.07, 6.45) is 8.20. The molecule has 1 aromatic heterocycles. The van der Waals surface area contributed by atoms with Crippen molar-refractivity contribution in [2.24, 2.45) is 4.99 Å². The number of fused-ring (bicyclic) bond motifs is 3. The topological polar surface area (TPSA) is 74.0 Å². The molecule has 1 saturated carbocycles. The van der Waals surface area contributed by atoms with E-state index in [1.807, 2.05) is 42.3 Å². The third kappa shape index (κ3) is 3.49. The summed E-state index contributed by atoms with van der Waals surface area (Å²) in [6.45, 7) is 1.30. The molecular weight excluding hydrogens is 392 g/mol. The third-order valence-electron chi connectivity index (χ3n) is 6.57. The SMILES string of the molecule is CN(C(=O)CN1C(=O)N2CCCN=C2c2cnn(-c3ccccc3)c21)C1CCCCC1. The average molecular weight is 421 g/mol. The molecule has 3 heterocycles. The van der Waals surface area contributed by atoms with Crippen LogP contribution in [-0.4, -0.2) is 70.1 Å². The van der Waals surface area contributed by atoms with Gasteiger partial charge in [-0.3, -0.25) is 19.6 Å². The first-order valence-corrected chi connectivity index (χ1v) is 11.2. The van der Waals surface area contributed by atoms with E-state index in [0.29, 0.717) is 24.7 Å². The van der Waals surface area contributed by atoms with Gasteiger partial charge in [-0.25, -0.2) is 9.48 Å². The Balaban J connectivity index is 1.52. The monoisotopic (exact) mass is 420 g/mol. The summed E-state index contributed by atoms with van der Waals surface area (Å²) in [6, 6.07) is 9.76. The molecular formula is C23H28N6O2. The van der Waals surface area contributed by atoms with Gasteiger partial charge < -0.3 is 4.90 Å². The van der Waals surface area contributed by atoms with Crippen molar-refractivity contribution in [1.29, 1.82) is 0 Å². The summed E-state index contributed by atoms with van der Waals surface area (Å²) in [4.78, 5) is 36.5. The molecule has 8 heteroatoms. The third-order valence-corrected chi connectivity index (χ3v) is 6.57. The van der Waals surface area contributed by atoms with Gasteiger partial charge in [0.15, 0.2) is 5.82 Å². The molecule has 3 aliphatic rings. The fraction of sp³-hybridized carbons (Fsp3) is 0.478. The number of rotatable bonds is 4. The molecule has 0 N–H and O–H groups in total.